The van der Waals surface area contributed by atoms with Gasteiger partial charge in [0.2, 0.25) is 0 Å². The molecule has 0 radical (unpaired) electrons. The van der Waals surface area contributed by atoms with E-state index in [1.807, 2.05) is 11.8 Å². The molecule has 0 atom stereocenters. The van der Waals surface area contributed by atoms with Crippen LogP contribution in [0.2, 0.25) is 0 Å². The molecule has 0 unspecified atom stereocenters. The van der Waals surface area contributed by atoms with Crippen LogP contribution in [0.3, 0.4) is 0 Å². The maximum absolute atomic E-state index is 4.61. The van der Waals surface area contributed by atoms with Crippen molar-refractivity contribution in [2.45, 2.75) is 19.9 Å². The Hall–Kier alpha value is -0.260. The molecule has 1 rings (SSSR count). The van der Waals surface area contributed by atoms with E-state index in [9.17, 15) is 0 Å². The van der Waals surface area contributed by atoms with Crippen molar-refractivity contribution in [3.63, 3.8) is 0 Å². The van der Waals surface area contributed by atoms with Crippen molar-refractivity contribution < 1.29 is 0 Å². The van der Waals surface area contributed by atoms with Crippen LogP contribution >= 0.6 is 23.1 Å². The Bertz CT molecular complexity index is 289. The Morgan fingerprint density at radius 3 is 3.06 bits per heavy atom. The van der Waals surface area contributed by atoms with Crippen molar-refractivity contribution in [3.05, 3.63) is 11.1 Å². The molecular formula is C11H21N3S2. The number of aromatic nitrogens is 1. The van der Waals surface area contributed by atoms with Gasteiger partial charge < -0.3 is 10.2 Å². The molecule has 0 aliphatic rings. The normalized spacial score (nSPS) is 10.7. The molecule has 1 N–H and O–H groups in total. The summed E-state index contributed by atoms with van der Waals surface area (Å²) in [5, 5.41) is 6.64. The van der Waals surface area contributed by atoms with E-state index in [0.29, 0.717) is 0 Å². The minimum atomic E-state index is 0.890. The van der Waals surface area contributed by atoms with Gasteiger partial charge in [0, 0.05) is 31.3 Å². The second-order valence-electron chi connectivity index (χ2n) is 3.71. The molecule has 0 fully saturated rings. The monoisotopic (exact) mass is 259 g/mol. The third kappa shape index (κ3) is 4.72. The van der Waals surface area contributed by atoms with Crippen LogP contribution in [-0.4, -0.2) is 37.1 Å². The van der Waals surface area contributed by atoms with Gasteiger partial charge in [-0.25, -0.2) is 4.98 Å². The molecule has 0 bridgehead atoms. The van der Waals surface area contributed by atoms with Gasteiger partial charge in [-0.2, -0.15) is 11.8 Å². The predicted molar refractivity (Wildman–Crippen MR) is 75.8 cm³/mol. The zero-order chi connectivity index (χ0) is 11.8. The Morgan fingerprint density at radius 2 is 2.38 bits per heavy atom. The van der Waals surface area contributed by atoms with Gasteiger partial charge in [-0.3, -0.25) is 0 Å². The summed E-state index contributed by atoms with van der Waals surface area (Å²) in [7, 11) is 2.11. The van der Waals surface area contributed by atoms with Crippen LogP contribution in [0.4, 0.5) is 5.13 Å². The first-order chi connectivity index (χ1) is 7.77. The van der Waals surface area contributed by atoms with Crippen LogP contribution in [0.25, 0.3) is 0 Å². The van der Waals surface area contributed by atoms with Crippen LogP contribution in [0.5, 0.6) is 0 Å². The Kier molecular flexibility index (Phi) is 6.84. The summed E-state index contributed by atoms with van der Waals surface area (Å²) in [6.45, 7) is 5.20. The largest absolute Gasteiger partial charge is 0.350 e. The lowest BCUT2D eigenvalue weighted by Crippen LogP contribution is -2.20. The van der Waals surface area contributed by atoms with E-state index in [-0.39, 0.29) is 0 Å². The number of hydrogen-bond acceptors (Lipinski definition) is 5. The highest BCUT2D eigenvalue weighted by molar-refractivity contribution is 7.98. The fourth-order valence-electron chi connectivity index (χ4n) is 1.27. The van der Waals surface area contributed by atoms with E-state index in [1.54, 1.807) is 11.3 Å². The highest BCUT2D eigenvalue weighted by Gasteiger charge is 2.05. The average molecular weight is 259 g/mol. The second-order valence-corrected chi connectivity index (χ2v) is 5.53. The molecule has 0 aromatic carbocycles. The molecule has 1 aromatic rings. The third-order valence-electron chi connectivity index (χ3n) is 2.23. The lowest BCUT2D eigenvalue weighted by atomic mass is 10.4. The van der Waals surface area contributed by atoms with Crippen LogP contribution in [0, 0.1) is 0 Å². The van der Waals surface area contributed by atoms with E-state index in [0.717, 1.165) is 36.2 Å². The molecule has 0 saturated carbocycles. The summed E-state index contributed by atoms with van der Waals surface area (Å²) < 4.78 is 0. The second kappa shape index (κ2) is 7.92. The van der Waals surface area contributed by atoms with Crippen molar-refractivity contribution in [3.8, 4) is 0 Å². The molecule has 0 aliphatic carbocycles. The predicted octanol–water partition coefficient (Wildman–Crippen LogP) is 2.44. The molecule has 3 nitrogen and oxygen atoms in total. The summed E-state index contributed by atoms with van der Waals surface area (Å²) in [6.07, 6.45) is 3.31. The van der Waals surface area contributed by atoms with Crippen LogP contribution in [-0.2, 0) is 6.54 Å². The first kappa shape index (κ1) is 13.8. The van der Waals surface area contributed by atoms with Crippen molar-refractivity contribution >= 4 is 28.2 Å². The first-order valence-electron chi connectivity index (χ1n) is 5.63. The molecule has 1 heterocycles. The van der Waals surface area contributed by atoms with Crippen LogP contribution < -0.4 is 10.2 Å². The number of hydrogen-bond donors (Lipinski definition) is 1. The minimum absolute atomic E-state index is 0.890. The van der Waals surface area contributed by atoms with Crippen molar-refractivity contribution in [1.82, 2.24) is 10.3 Å². The van der Waals surface area contributed by atoms with Crippen LogP contribution in [0.1, 0.15) is 19.0 Å². The van der Waals surface area contributed by atoms with E-state index >= 15 is 0 Å². The summed E-state index contributed by atoms with van der Waals surface area (Å²) >= 11 is 3.60. The van der Waals surface area contributed by atoms with Crippen molar-refractivity contribution in [2.75, 3.05) is 37.0 Å². The molecule has 16 heavy (non-hydrogen) atoms. The first-order valence-corrected chi connectivity index (χ1v) is 7.90. The fraction of sp³-hybridized carbons (Fsp3) is 0.727. The van der Waals surface area contributed by atoms with Crippen molar-refractivity contribution in [2.24, 2.45) is 0 Å². The van der Waals surface area contributed by atoms with Gasteiger partial charge in [0.1, 0.15) is 0 Å². The Morgan fingerprint density at radius 1 is 1.56 bits per heavy atom. The Labute approximate surface area is 107 Å². The van der Waals surface area contributed by atoms with E-state index in [2.05, 4.69) is 40.8 Å². The fourth-order valence-corrected chi connectivity index (χ4v) is 2.55. The molecule has 0 saturated heterocycles. The molecule has 92 valence electrons. The lowest BCUT2D eigenvalue weighted by molar-refractivity contribution is 0.666. The van der Waals surface area contributed by atoms with Gasteiger partial charge in [-0.05, 0) is 19.2 Å². The summed E-state index contributed by atoms with van der Waals surface area (Å²) in [4.78, 5) is 6.83. The average Bonchev–Trinajstić information content (AvgIpc) is 2.75. The topological polar surface area (TPSA) is 28.2 Å². The molecule has 0 amide bonds. The highest BCUT2D eigenvalue weighted by atomic mass is 32.2. The number of anilines is 1. The summed E-state index contributed by atoms with van der Waals surface area (Å²) in [6, 6.07) is 0. The Balaban J connectivity index is 2.37. The van der Waals surface area contributed by atoms with E-state index in [1.165, 1.54) is 6.42 Å². The van der Waals surface area contributed by atoms with E-state index < -0.39 is 0 Å². The van der Waals surface area contributed by atoms with E-state index in [4.69, 9.17) is 0 Å². The van der Waals surface area contributed by atoms with Gasteiger partial charge in [0.15, 0.2) is 5.13 Å². The molecular weight excluding hydrogens is 238 g/mol. The van der Waals surface area contributed by atoms with Gasteiger partial charge in [-0.15, -0.1) is 11.3 Å². The van der Waals surface area contributed by atoms with Gasteiger partial charge >= 0.3 is 0 Å². The maximum atomic E-state index is 4.61. The zero-order valence-electron chi connectivity index (χ0n) is 10.3. The third-order valence-corrected chi connectivity index (χ3v) is 3.82. The zero-order valence-corrected chi connectivity index (χ0v) is 12.0. The number of nitrogens with zero attached hydrogens (tertiary/aromatic N) is 2. The maximum Gasteiger partial charge on any atom is 0.185 e. The van der Waals surface area contributed by atoms with Crippen LogP contribution in [0.15, 0.2) is 5.38 Å². The number of thiazole rings is 1. The molecule has 5 heteroatoms. The number of thioether (sulfide) groups is 1. The molecule has 1 aromatic heterocycles. The smallest absolute Gasteiger partial charge is 0.185 e. The number of nitrogens with one attached hydrogen (secondary N) is 1. The quantitative estimate of drug-likeness (QED) is 0.726. The van der Waals surface area contributed by atoms with Crippen molar-refractivity contribution in [1.29, 1.82) is 0 Å². The minimum Gasteiger partial charge on any atom is -0.350 e. The summed E-state index contributed by atoms with van der Waals surface area (Å²) in [5.41, 5.74) is 1.16. The lowest BCUT2D eigenvalue weighted by Gasteiger charge is -2.14. The molecule has 0 spiro atoms. The standard InChI is InChI=1S/C11H21N3S2/c1-4-5-12-8-10-9-16-11(13-10)14(2)6-7-15-3/h9,12H,4-8H2,1-3H3. The molecule has 0 aliphatic heterocycles. The van der Waals surface area contributed by atoms with Gasteiger partial charge in [0.25, 0.3) is 0 Å². The number of rotatable bonds is 8. The highest BCUT2D eigenvalue weighted by Crippen LogP contribution is 2.19. The SMILES string of the molecule is CCCNCc1csc(N(C)CCSC)n1. The summed E-state index contributed by atoms with van der Waals surface area (Å²) in [5.74, 6) is 1.15. The van der Waals surface area contributed by atoms with Gasteiger partial charge in [0.05, 0.1) is 5.69 Å². The van der Waals surface area contributed by atoms with Gasteiger partial charge in [-0.1, -0.05) is 6.92 Å².